The molecule has 0 saturated carbocycles. The van der Waals surface area contributed by atoms with Gasteiger partial charge >= 0.3 is 6.01 Å². The zero-order valence-electron chi connectivity index (χ0n) is 18.6. The first kappa shape index (κ1) is 23.1. The molecule has 1 atom stereocenters. The van der Waals surface area contributed by atoms with Crippen molar-refractivity contribution in [2.24, 2.45) is 0 Å². The molecule has 2 heterocycles. The van der Waals surface area contributed by atoms with Gasteiger partial charge in [0.1, 0.15) is 5.75 Å². The molecule has 9 heteroatoms. The van der Waals surface area contributed by atoms with Gasteiger partial charge in [0.2, 0.25) is 6.35 Å². The van der Waals surface area contributed by atoms with Gasteiger partial charge in [-0.1, -0.05) is 35.9 Å². The number of carbonyl (C=O) groups is 1. The van der Waals surface area contributed by atoms with Gasteiger partial charge < -0.3 is 19.8 Å². The third-order valence-electron chi connectivity index (χ3n) is 5.56. The Morgan fingerprint density at radius 2 is 1.91 bits per heavy atom. The number of hydrogen-bond acceptors (Lipinski definition) is 6. The van der Waals surface area contributed by atoms with Crippen molar-refractivity contribution in [2.75, 3.05) is 24.6 Å². The molecule has 4 rings (SSSR count). The van der Waals surface area contributed by atoms with Crippen LogP contribution in [0.25, 0.3) is 0 Å². The van der Waals surface area contributed by atoms with Crippen molar-refractivity contribution in [3.05, 3.63) is 70.4 Å². The van der Waals surface area contributed by atoms with Gasteiger partial charge in [0, 0.05) is 24.7 Å². The number of aliphatic hydroxyl groups excluding tert-OH is 2. The first-order valence-corrected chi connectivity index (χ1v) is 11.3. The summed E-state index contributed by atoms with van der Waals surface area (Å²) < 4.78 is 7.86. The molecule has 3 aromatic rings. The smallest absolute Gasteiger partial charge is 0.304 e. The summed E-state index contributed by atoms with van der Waals surface area (Å²) in [6.07, 6.45) is -0.819. The van der Waals surface area contributed by atoms with Crippen molar-refractivity contribution in [1.82, 2.24) is 14.5 Å². The maximum Gasteiger partial charge on any atom is 0.304 e. The monoisotopic (exact) mass is 470 g/mol. The summed E-state index contributed by atoms with van der Waals surface area (Å²) in [6, 6.07) is 15.2. The molecule has 0 radical (unpaired) electrons. The van der Waals surface area contributed by atoms with E-state index in [0.717, 1.165) is 11.1 Å². The highest BCUT2D eigenvalue weighted by Gasteiger charge is 2.41. The minimum Gasteiger partial charge on any atom is -0.425 e. The molecule has 1 aliphatic heterocycles. The van der Waals surface area contributed by atoms with Gasteiger partial charge in [0.25, 0.3) is 5.91 Å². The lowest BCUT2D eigenvalue weighted by Gasteiger charge is -2.40. The molecule has 1 aliphatic rings. The van der Waals surface area contributed by atoms with E-state index in [2.05, 4.69) is 4.98 Å². The minimum absolute atomic E-state index is 0.0821. The Labute approximate surface area is 197 Å². The van der Waals surface area contributed by atoms with Crippen LogP contribution in [0.3, 0.4) is 0 Å². The van der Waals surface area contributed by atoms with E-state index < -0.39 is 6.35 Å². The predicted octanol–water partition coefficient (Wildman–Crippen LogP) is 3.63. The number of hydrogen-bond donors (Lipinski definition) is 2. The van der Waals surface area contributed by atoms with Crippen LogP contribution >= 0.6 is 11.6 Å². The molecule has 0 spiro atoms. The van der Waals surface area contributed by atoms with Crippen molar-refractivity contribution in [2.45, 2.75) is 33.2 Å². The van der Waals surface area contributed by atoms with E-state index in [4.69, 9.17) is 16.3 Å². The summed E-state index contributed by atoms with van der Waals surface area (Å²) in [5.41, 5.74) is 2.28. The molecule has 1 amide bonds. The molecule has 0 fully saturated rings. The van der Waals surface area contributed by atoms with Crippen LogP contribution in [0, 0.1) is 6.92 Å². The standard InChI is InChI=1S/C24H27ClN4O4/c1-3-27-21-20(22(31)28(24(27)32)12-5-13-30)29(15-17-8-10-18(25)11-9-17)23(26-21)33-19-7-4-6-16(2)14-19/h4,6-11,14,24,30,32H,3,5,12-13,15H2,1-2H3. The fourth-order valence-corrected chi connectivity index (χ4v) is 4.03. The lowest BCUT2D eigenvalue weighted by molar-refractivity contribution is -0.00105. The van der Waals surface area contributed by atoms with Crippen molar-refractivity contribution in [3.8, 4) is 11.8 Å². The second kappa shape index (κ2) is 9.82. The van der Waals surface area contributed by atoms with Crippen molar-refractivity contribution < 1.29 is 19.7 Å². The van der Waals surface area contributed by atoms with Gasteiger partial charge in [0.15, 0.2) is 11.5 Å². The highest BCUT2D eigenvalue weighted by Crippen LogP contribution is 2.35. The molecule has 2 N–H and O–H groups in total. The van der Waals surface area contributed by atoms with Gasteiger partial charge in [-0.05, 0) is 55.7 Å². The Morgan fingerprint density at radius 1 is 1.15 bits per heavy atom. The Kier molecular flexibility index (Phi) is 6.88. The Balaban J connectivity index is 1.82. The van der Waals surface area contributed by atoms with Crippen LogP contribution in [-0.4, -0.2) is 56.6 Å². The Morgan fingerprint density at radius 3 is 2.58 bits per heavy atom. The lowest BCUT2D eigenvalue weighted by Crippen LogP contribution is -2.56. The van der Waals surface area contributed by atoms with Crippen LogP contribution in [0.4, 0.5) is 5.82 Å². The predicted molar refractivity (Wildman–Crippen MR) is 126 cm³/mol. The van der Waals surface area contributed by atoms with Crippen LogP contribution in [0.1, 0.15) is 35.0 Å². The number of halogens is 1. The molecule has 0 bridgehead atoms. The molecule has 174 valence electrons. The fourth-order valence-electron chi connectivity index (χ4n) is 3.90. The Bertz CT molecular complexity index is 1130. The molecule has 1 unspecified atom stereocenters. The van der Waals surface area contributed by atoms with Crippen molar-refractivity contribution in [1.29, 1.82) is 0 Å². The number of ether oxygens (including phenoxy) is 1. The fraction of sp³-hybridized carbons (Fsp3) is 0.333. The van der Waals surface area contributed by atoms with Gasteiger partial charge in [0.05, 0.1) is 6.54 Å². The molecular formula is C24H27ClN4O4. The van der Waals surface area contributed by atoms with Gasteiger partial charge in [-0.2, -0.15) is 4.98 Å². The number of nitrogens with zero attached hydrogens (tertiary/aromatic N) is 4. The minimum atomic E-state index is -1.17. The van der Waals surface area contributed by atoms with E-state index in [-0.39, 0.29) is 25.1 Å². The third-order valence-corrected chi connectivity index (χ3v) is 5.81. The quantitative estimate of drug-likeness (QED) is 0.522. The van der Waals surface area contributed by atoms with Crippen LogP contribution in [0.2, 0.25) is 5.02 Å². The molecule has 0 saturated heterocycles. The molecule has 8 nitrogen and oxygen atoms in total. The van der Waals surface area contributed by atoms with Gasteiger partial charge in [-0.3, -0.25) is 14.3 Å². The number of aromatic nitrogens is 2. The normalized spacial score (nSPS) is 15.7. The first-order chi connectivity index (χ1) is 15.9. The molecular weight excluding hydrogens is 444 g/mol. The van der Waals surface area contributed by atoms with Crippen molar-refractivity contribution >= 4 is 23.3 Å². The van der Waals surface area contributed by atoms with E-state index in [1.807, 2.05) is 50.2 Å². The lowest BCUT2D eigenvalue weighted by atomic mass is 10.2. The van der Waals surface area contributed by atoms with E-state index in [1.54, 1.807) is 21.6 Å². The summed E-state index contributed by atoms with van der Waals surface area (Å²) in [4.78, 5) is 21.1. The summed E-state index contributed by atoms with van der Waals surface area (Å²) in [6.45, 7) is 4.74. The topological polar surface area (TPSA) is 91.1 Å². The first-order valence-electron chi connectivity index (χ1n) is 10.9. The number of anilines is 1. The molecule has 2 aromatic carbocycles. The van der Waals surface area contributed by atoms with Gasteiger partial charge in [-0.25, -0.2) is 0 Å². The van der Waals surface area contributed by atoms with E-state index in [0.29, 0.717) is 41.8 Å². The number of carbonyl (C=O) groups excluding carboxylic acids is 1. The molecule has 33 heavy (non-hydrogen) atoms. The molecule has 1 aromatic heterocycles. The summed E-state index contributed by atoms with van der Waals surface area (Å²) in [5.74, 6) is 0.603. The zero-order chi connectivity index (χ0) is 23.5. The van der Waals surface area contributed by atoms with E-state index in [1.165, 1.54) is 4.90 Å². The summed E-state index contributed by atoms with van der Waals surface area (Å²) >= 11 is 6.05. The van der Waals surface area contributed by atoms with Crippen LogP contribution < -0.4 is 9.64 Å². The number of fused-ring (bicyclic) bond motifs is 1. The summed E-state index contributed by atoms with van der Waals surface area (Å²) in [5, 5.41) is 20.8. The number of benzene rings is 2. The maximum atomic E-state index is 13.5. The van der Waals surface area contributed by atoms with Crippen LogP contribution in [0.5, 0.6) is 11.8 Å². The highest BCUT2D eigenvalue weighted by molar-refractivity contribution is 6.30. The van der Waals surface area contributed by atoms with E-state index in [9.17, 15) is 15.0 Å². The summed E-state index contributed by atoms with van der Waals surface area (Å²) in [7, 11) is 0. The van der Waals surface area contributed by atoms with Crippen LogP contribution in [-0.2, 0) is 6.54 Å². The van der Waals surface area contributed by atoms with Gasteiger partial charge in [-0.15, -0.1) is 0 Å². The second-order valence-electron chi connectivity index (χ2n) is 7.91. The third kappa shape index (κ3) is 4.68. The number of imidazole rings is 1. The maximum absolute atomic E-state index is 13.5. The van der Waals surface area contributed by atoms with E-state index >= 15 is 0 Å². The van der Waals surface area contributed by atoms with Crippen molar-refractivity contribution in [3.63, 3.8) is 0 Å². The number of rotatable bonds is 8. The number of aryl methyl sites for hydroxylation is 1. The molecule has 0 aliphatic carbocycles. The Hall–Kier alpha value is -3.07. The highest BCUT2D eigenvalue weighted by atomic mass is 35.5. The average Bonchev–Trinajstić information content (AvgIpc) is 3.13. The van der Waals surface area contributed by atoms with Crippen LogP contribution in [0.15, 0.2) is 48.5 Å². The SMILES string of the molecule is CCN1c2nc(Oc3cccc(C)c3)n(Cc3ccc(Cl)cc3)c2C(=O)N(CCCO)C1O. The number of amides is 1. The largest absolute Gasteiger partial charge is 0.425 e. The number of aliphatic hydroxyl groups is 2. The second-order valence-corrected chi connectivity index (χ2v) is 8.34. The zero-order valence-corrected chi connectivity index (χ0v) is 19.4. The average molecular weight is 471 g/mol.